The molecule has 0 radical (unpaired) electrons. The summed E-state index contributed by atoms with van der Waals surface area (Å²) in [6.07, 6.45) is -0.985. The second-order valence-corrected chi connectivity index (χ2v) is 7.01. The highest BCUT2D eigenvalue weighted by Crippen LogP contribution is 2.29. The molecule has 1 aliphatic heterocycles. The van der Waals surface area contributed by atoms with Crippen molar-refractivity contribution in [1.82, 2.24) is 9.80 Å². The molecule has 0 N–H and O–H groups in total. The van der Waals surface area contributed by atoms with E-state index in [9.17, 15) is 18.0 Å². The van der Waals surface area contributed by atoms with Crippen LogP contribution < -0.4 is 0 Å². The van der Waals surface area contributed by atoms with Gasteiger partial charge in [0.2, 0.25) is 5.91 Å². The molecule has 0 spiro atoms. The van der Waals surface area contributed by atoms with Crippen molar-refractivity contribution < 1.29 is 22.4 Å². The molecule has 1 fully saturated rings. The quantitative estimate of drug-likeness (QED) is 0.788. The number of alkyl halides is 3. The van der Waals surface area contributed by atoms with Crippen molar-refractivity contribution in [1.29, 1.82) is 0 Å². The van der Waals surface area contributed by atoms with Crippen LogP contribution in [0.1, 0.15) is 29.7 Å². The highest BCUT2D eigenvalue weighted by molar-refractivity contribution is 5.79. The third-order valence-electron chi connectivity index (χ3n) is 4.99. The molecule has 2 aromatic rings. The van der Waals surface area contributed by atoms with Crippen molar-refractivity contribution in [2.45, 2.75) is 38.0 Å². The van der Waals surface area contributed by atoms with Gasteiger partial charge in [-0.3, -0.25) is 4.79 Å². The molecule has 27 heavy (non-hydrogen) atoms. The second-order valence-electron chi connectivity index (χ2n) is 7.01. The second kappa shape index (κ2) is 8.17. The van der Waals surface area contributed by atoms with E-state index in [-0.39, 0.29) is 18.4 Å². The Kier molecular flexibility index (Phi) is 5.89. The summed E-state index contributed by atoms with van der Waals surface area (Å²) in [6.45, 7) is 2.20. The SMILES string of the molecule is CN1CCC(N(Cc2ccco2)C(=O)Cc2ccc(C(F)(F)F)cc2)CC1. The molecule has 1 aromatic heterocycles. The average molecular weight is 380 g/mol. The molecule has 0 saturated carbocycles. The molecule has 3 rings (SSSR count). The Balaban J connectivity index is 1.72. The first-order valence-electron chi connectivity index (χ1n) is 8.99. The fraction of sp³-hybridized carbons (Fsp3) is 0.450. The van der Waals surface area contributed by atoms with Crippen LogP contribution in [-0.2, 0) is 23.9 Å². The number of halogens is 3. The lowest BCUT2D eigenvalue weighted by Gasteiger charge is -2.37. The van der Waals surface area contributed by atoms with Crippen LogP contribution in [0.3, 0.4) is 0 Å². The number of piperidine rings is 1. The van der Waals surface area contributed by atoms with Gasteiger partial charge in [-0.2, -0.15) is 13.2 Å². The van der Waals surface area contributed by atoms with Crippen LogP contribution in [0, 0.1) is 0 Å². The molecule has 146 valence electrons. The molecule has 0 aliphatic carbocycles. The summed E-state index contributed by atoms with van der Waals surface area (Å²) in [7, 11) is 2.05. The van der Waals surface area contributed by atoms with Gasteiger partial charge in [-0.05, 0) is 62.8 Å². The molecule has 4 nitrogen and oxygen atoms in total. The first-order chi connectivity index (χ1) is 12.8. The van der Waals surface area contributed by atoms with Crippen LogP contribution in [0.15, 0.2) is 47.1 Å². The molecule has 1 amide bonds. The van der Waals surface area contributed by atoms with Gasteiger partial charge in [0, 0.05) is 6.04 Å². The first kappa shape index (κ1) is 19.5. The fourth-order valence-electron chi connectivity index (χ4n) is 3.39. The van der Waals surface area contributed by atoms with Gasteiger partial charge in [0.25, 0.3) is 0 Å². The number of nitrogens with zero attached hydrogens (tertiary/aromatic N) is 2. The fourth-order valence-corrected chi connectivity index (χ4v) is 3.39. The van der Waals surface area contributed by atoms with Crippen LogP contribution in [0.4, 0.5) is 13.2 Å². The van der Waals surface area contributed by atoms with Crippen molar-refractivity contribution >= 4 is 5.91 Å². The Bertz CT molecular complexity index is 734. The van der Waals surface area contributed by atoms with E-state index in [1.807, 2.05) is 11.0 Å². The van der Waals surface area contributed by atoms with E-state index < -0.39 is 11.7 Å². The number of amides is 1. The number of carbonyl (C=O) groups excluding carboxylic acids is 1. The van der Waals surface area contributed by atoms with Crippen LogP contribution in [0.25, 0.3) is 0 Å². The maximum absolute atomic E-state index is 12.9. The van der Waals surface area contributed by atoms with Crippen molar-refractivity contribution in [2.24, 2.45) is 0 Å². The monoisotopic (exact) mass is 380 g/mol. The number of hydrogen-bond acceptors (Lipinski definition) is 3. The third-order valence-corrected chi connectivity index (χ3v) is 4.99. The predicted molar refractivity (Wildman–Crippen MR) is 94.9 cm³/mol. The predicted octanol–water partition coefficient (Wildman–Crippen LogP) is 3.96. The summed E-state index contributed by atoms with van der Waals surface area (Å²) in [6, 6.07) is 8.51. The first-order valence-corrected chi connectivity index (χ1v) is 8.99. The Morgan fingerprint density at radius 1 is 1.19 bits per heavy atom. The van der Waals surface area contributed by atoms with E-state index >= 15 is 0 Å². The average Bonchev–Trinajstić information content (AvgIpc) is 3.13. The molecule has 0 atom stereocenters. The molecule has 0 bridgehead atoms. The highest BCUT2D eigenvalue weighted by Gasteiger charge is 2.31. The van der Waals surface area contributed by atoms with Crippen molar-refractivity contribution in [2.75, 3.05) is 20.1 Å². The van der Waals surface area contributed by atoms with E-state index in [1.54, 1.807) is 12.3 Å². The van der Waals surface area contributed by atoms with Crippen molar-refractivity contribution in [3.8, 4) is 0 Å². The number of hydrogen-bond donors (Lipinski definition) is 0. The van der Waals surface area contributed by atoms with Gasteiger partial charge in [-0.25, -0.2) is 0 Å². The lowest BCUT2D eigenvalue weighted by atomic mass is 10.0. The van der Waals surface area contributed by atoms with E-state index in [1.165, 1.54) is 12.1 Å². The topological polar surface area (TPSA) is 36.7 Å². The van der Waals surface area contributed by atoms with Gasteiger partial charge >= 0.3 is 6.18 Å². The van der Waals surface area contributed by atoms with E-state index in [4.69, 9.17) is 4.42 Å². The van der Waals surface area contributed by atoms with Gasteiger partial charge < -0.3 is 14.2 Å². The number of carbonyl (C=O) groups is 1. The van der Waals surface area contributed by atoms with Gasteiger partial charge in [0.05, 0.1) is 24.8 Å². The lowest BCUT2D eigenvalue weighted by molar-refractivity contribution is -0.137. The smallest absolute Gasteiger partial charge is 0.416 e. The van der Waals surface area contributed by atoms with Gasteiger partial charge in [-0.1, -0.05) is 12.1 Å². The maximum atomic E-state index is 12.9. The number of furan rings is 1. The molecule has 1 aromatic carbocycles. The van der Waals surface area contributed by atoms with E-state index in [0.717, 1.165) is 38.1 Å². The third kappa shape index (κ3) is 5.13. The zero-order valence-corrected chi connectivity index (χ0v) is 15.2. The van der Waals surface area contributed by atoms with Crippen molar-refractivity contribution in [3.63, 3.8) is 0 Å². The molecule has 7 heteroatoms. The standard InChI is InChI=1S/C20H23F3N2O2/c1-24-10-8-17(9-11-24)25(14-18-3-2-12-27-18)19(26)13-15-4-6-16(7-5-15)20(21,22)23/h2-7,12,17H,8-11,13-14H2,1H3. The largest absolute Gasteiger partial charge is 0.467 e. The normalized spacial score (nSPS) is 16.4. The zero-order valence-electron chi connectivity index (χ0n) is 15.2. The van der Waals surface area contributed by atoms with Gasteiger partial charge in [0.15, 0.2) is 0 Å². The van der Waals surface area contributed by atoms with Crippen LogP contribution in [0.5, 0.6) is 0 Å². The summed E-state index contributed by atoms with van der Waals surface area (Å²) in [5.74, 6) is 0.607. The minimum absolute atomic E-state index is 0.0746. The Hall–Kier alpha value is -2.28. The zero-order chi connectivity index (χ0) is 19.4. The molecule has 2 heterocycles. The number of rotatable bonds is 5. The molecular weight excluding hydrogens is 357 g/mol. The molecule has 0 unspecified atom stereocenters. The molecule has 1 aliphatic rings. The highest BCUT2D eigenvalue weighted by atomic mass is 19.4. The molecular formula is C20H23F3N2O2. The summed E-state index contributed by atoms with van der Waals surface area (Å²) in [4.78, 5) is 17.0. The maximum Gasteiger partial charge on any atom is 0.416 e. The lowest BCUT2D eigenvalue weighted by Crippen LogP contribution is -2.46. The van der Waals surface area contributed by atoms with Crippen LogP contribution >= 0.6 is 0 Å². The Labute approximate surface area is 156 Å². The Morgan fingerprint density at radius 2 is 1.85 bits per heavy atom. The van der Waals surface area contributed by atoms with E-state index in [0.29, 0.717) is 17.9 Å². The van der Waals surface area contributed by atoms with E-state index in [2.05, 4.69) is 11.9 Å². The van der Waals surface area contributed by atoms with Gasteiger partial charge in [0.1, 0.15) is 5.76 Å². The van der Waals surface area contributed by atoms with Gasteiger partial charge in [-0.15, -0.1) is 0 Å². The summed E-state index contributed by atoms with van der Waals surface area (Å²) in [5, 5.41) is 0. The molecule has 1 saturated heterocycles. The Morgan fingerprint density at radius 3 is 2.41 bits per heavy atom. The van der Waals surface area contributed by atoms with Crippen LogP contribution in [0.2, 0.25) is 0 Å². The summed E-state index contributed by atoms with van der Waals surface area (Å²) >= 11 is 0. The number of benzene rings is 1. The summed E-state index contributed by atoms with van der Waals surface area (Å²) in [5.41, 5.74) is -0.133. The minimum Gasteiger partial charge on any atom is -0.467 e. The number of likely N-dealkylation sites (tertiary alicyclic amines) is 1. The van der Waals surface area contributed by atoms with Crippen LogP contribution in [-0.4, -0.2) is 41.9 Å². The van der Waals surface area contributed by atoms with Crippen molar-refractivity contribution in [3.05, 3.63) is 59.5 Å². The minimum atomic E-state index is -4.37. The summed E-state index contributed by atoms with van der Waals surface area (Å²) < 4.78 is 43.5.